The lowest BCUT2D eigenvalue weighted by atomic mass is 9.95. The molecule has 2 atom stereocenters. The molecule has 0 spiro atoms. The number of hydrogen-bond acceptors (Lipinski definition) is 3. The molecule has 0 saturated carbocycles. The van der Waals surface area contributed by atoms with Crippen molar-refractivity contribution in [1.82, 2.24) is 4.90 Å². The maximum atomic E-state index is 8.83. The molecule has 2 unspecified atom stereocenters. The molecule has 1 aromatic carbocycles. The van der Waals surface area contributed by atoms with Crippen LogP contribution in [0.1, 0.15) is 18.5 Å². The first-order chi connectivity index (χ1) is 7.65. The van der Waals surface area contributed by atoms with E-state index < -0.39 is 0 Å². The van der Waals surface area contributed by atoms with Gasteiger partial charge >= 0.3 is 0 Å². The fourth-order valence-electron chi connectivity index (χ4n) is 1.87. The number of likely N-dealkylation sites (N-methyl/N-ethyl adjacent to an activating group) is 1. The molecular weight excluding hydrogens is 200 g/mol. The second-order valence-electron chi connectivity index (χ2n) is 4.40. The Morgan fingerprint density at radius 3 is 2.50 bits per heavy atom. The fourth-order valence-corrected chi connectivity index (χ4v) is 1.87. The first-order valence-corrected chi connectivity index (χ1v) is 5.75. The van der Waals surface area contributed by atoms with Crippen LogP contribution in [0.3, 0.4) is 0 Å². The minimum absolute atomic E-state index is 0.0577. The van der Waals surface area contributed by atoms with Crippen LogP contribution in [0.15, 0.2) is 30.3 Å². The molecule has 0 saturated heterocycles. The van der Waals surface area contributed by atoms with Gasteiger partial charge in [0.15, 0.2) is 0 Å². The lowest BCUT2D eigenvalue weighted by Gasteiger charge is -2.25. The van der Waals surface area contributed by atoms with E-state index in [1.807, 2.05) is 25.2 Å². The normalized spacial score (nSPS) is 15.1. The minimum Gasteiger partial charge on any atom is -0.395 e. The van der Waals surface area contributed by atoms with Crippen molar-refractivity contribution in [1.29, 1.82) is 0 Å². The predicted octanol–water partition coefficient (Wildman–Crippen LogP) is 1.25. The lowest BCUT2D eigenvalue weighted by Crippen LogP contribution is -2.32. The van der Waals surface area contributed by atoms with Crippen molar-refractivity contribution in [2.24, 2.45) is 11.7 Å². The molecule has 0 aromatic heterocycles. The molecule has 3 heteroatoms. The molecule has 0 fully saturated rings. The Morgan fingerprint density at radius 2 is 1.94 bits per heavy atom. The largest absolute Gasteiger partial charge is 0.395 e. The summed E-state index contributed by atoms with van der Waals surface area (Å²) in [5.41, 5.74) is 7.37. The van der Waals surface area contributed by atoms with Gasteiger partial charge in [-0.05, 0) is 18.5 Å². The van der Waals surface area contributed by atoms with Gasteiger partial charge in [0.1, 0.15) is 0 Å². The summed E-state index contributed by atoms with van der Waals surface area (Å²) in [6.07, 6.45) is 0. The molecule has 0 radical (unpaired) electrons. The van der Waals surface area contributed by atoms with Gasteiger partial charge in [0, 0.05) is 19.1 Å². The van der Waals surface area contributed by atoms with E-state index in [0.29, 0.717) is 12.5 Å². The quantitative estimate of drug-likeness (QED) is 0.761. The highest BCUT2D eigenvalue weighted by Crippen LogP contribution is 2.19. The zero-order valence-electron chi connectivity index (χ0n) is 10.1. The van der Waals surface area contributed by atoms with Crippen LogP contribution < -0.4 is 5.73 Å². The maximum absolute atomic E-state index is 8.83. The summed E-state index contributed by atoms with van der Waals surface area (Å²) in [7, 11) is 2.00. The molecule has 3 N–H and O–H groups in total. The van der Waals surface area contributed by atoms with Crippen molar-refractivity contribution in [3.05, 3.63) is 35.9 Å². The second-order valence-corrected chi connectivity index (χ2v) is 4.40. The monoisotopic (exact) mass is 222 g/mol. The molecular formula is C13H22N2O. The van der Waals surface area contributed by atoms with Crippen LogP contribution in [0.25, 0.3) is 0 Å². The minimum atomic E-state index is 0.0577. The molecule has 0 amide bonds. The molecule has 0 aliphatic rings. The summed E-state index contributed by atoms with van der Waals surface area (Å²) in [6.45, 7) is 3.94. The molecule has 3 nitrogen and oxygen atoms in total. The van der Waals surface area contributed by atoms with Crippen LogP contribution in [0.2, 0.25) is 0 Å². The first kappa shape index (κ1) is 13.2. The van der Waals surface area contributed by atoms with E-state index in [9.17, 15) is 0 Å². The number of nitrogens with zero attached hydrogens (tertiary/aromatic N) is 1. The summed E-state index contributed by atoms with van der Waals surface area (Å²) < 4.78 is 0. The van der Waals surface area contributed by atoms with Gasteiger partial charge in [-0.15, -0.1) is 0 Å². The standard InChI is InChI=1S/C13H22N2O/c1-11(10-15(2)8-9-16)13(14)12-6-4-3-5-7-12/h3-7,11,13,16H,8-10,14H2,1-2H3. The molecule has 0 aliphatic heterocycles. The number of aliphatic hydroxyl groups excluding tert-OH is 1. The predicted molar refractivity (Wildman–Crippen MR) is 67.1 cm³/mol. The number of nitrogens with two attached hydrogens (primary N) is 1. The van der Waals surface area contributed by atoms with E-state index in [2.05, 4.69) is 24.0 Å². The highest BCUT2D eigenvalue weighted by Gasteiger charge is 2.15. The Balaban J connectivity index is 2.51. The molecule has 0 bridgehead atoms. The summed E-state index contributed by atoms with van der Waals surface area (Å²) in [5.74, 6) is 0.374. The van der Waals surface area contributed by atoms with E-state index in [1.165, 1.54) is 5.56 Å². The van der Waals surface area contributed by atoms with Crippen molar-refractivity contribution in [3.63, 3.8) is 0 Å². The topological polar surface area (TPSA) is 49.5 Å². The Bertz CT molecular complexity index is 289. The zero-order chi connectivity index (χ0) is 12.0. The van der Waals surface area contributed by atoms with Crippen molar-refractivity contribution < 1.29 is 5.11 Å². The molecule has 1 aromatic rings. The van der Waals surface area contributed by atoms with Gasteiger partial charge in [0.2, 0.25) is 0 Å². The average molecular weight is 222 g/mol. The van der Waals surface area contributed by atoms with E-state index in [4.69, 9.17) is 10.8 Å². The van der Waals surface area contributed by atoms with Gasteiger partial charge in [0.25, 0.3) is 0 Å². The lowest BCUT2D eigenvalue weighted by molar-refractivity contribution is 0.198. The van der Waals surface area contributed by atoms with E-state index in [1.54, 1.807) is 0 Å². The van der Waals surface area contributed by atoms with Gasteiger partial charge in [-0.2, -0.15) is 0 Å². The summed E-state index contributed by atoms with van der Waals surface area (Å²) in [5, 5.41) is 8.83. The maximum Gasteiger partial charge on any atom is 0.0558 e. The Labute approximate surface area is 97.9 Å². The molecule has 1 rings (SSSR count). The van der Waals surface area contributed by atoms with Crippen molar-refractivity contribution in [3.8, 4) is 0 Å². The van der Waals surface area contributed by atoms with Gasteiger partial charge in [0.05, 0.1) is 6.61 Å². The third-order valence-corrected chi connectivity index (χ3v) is 2.88. The third-order valence-electron chi connectivity index (χ3n) is 2.88. The highest BCUT2D eigenvalue weighted by molar-refractivity contribution is 5.19. The molecule has 0 aliphatic carbocycles. The highest BCUT2D eigenvalue weighted by atomic mass is 16.3. The number of rotatable bonds is 6. The van der Waals surface area contributed by atoms with Crippen LogP contribution >= 0.6 is 0 Å². The number of hydrogen-bond donors (Lipinski definition) is 2. The van der Waals surface area contributed by atoms with Crippen LogP contribution in [0.5, 0.6) is 0 Å². The SMILES string of the molecule is CC(CN(C)CCO)C(N)c1ccccc1. The number of benzene rings is 1. The van der Waals surface area contributed by atoms with Crippen molar-refractivity contribution in [2.45, 2.75) is 13.0 Å². The fraction of sp³-hybridized carbons (Fsp3) is 0.538. The van der Waals surface area contributed by atoms with E-state index >= 15 is 0 Å². The zero-order valence-corrected chi connectivity index (χ0v) is 10.1. The first-order valence-electron chi connectivity index (χ1n) is 5.75. The van der Waals surface area contributed by atoms with Crippen LogP contribution in [-0.2, 0) is 0 Å². The summed E-state index contributed by atoms with van der Waals surface area (Å²) in [6, 6.07) is 10.2. The summed E-state index contributed by atoms with van der Waals surface area (Å²) in [4.78, 5) is 2.10. The van der Waals surface area contributed by atoms with E-state index in [-0.39, 0.29) is 12.6 Å². The van der Waals surface area contributed by atoms with Gasteiger partial charge in [-0.3, -0.25) is 0 Å². The van der Waals surface area contributed by atoms with Gasteiger partial charge in [-0.1, -0.05) is 37.3 Å². The number of aliphatic hydroxyl groups is 1. The Hall–Kier alpha value is -0.900. The molecule has 16 heavy (non-hydrogen) atoms. The van der Waals surface area contributed by atoms with Gasteiger partial charge < -0.3 is 15.7 Å². The van der Waals surface area contributed by atoms with Crippen molar-refractivity contribution >= 4 is 0 Å². The van der Waals surface area contributed by atoms with Crippen LogP contribution in [-0.4, -0.2) is 36.8 Å². The van der Waals surface area contributed by atoms with E-state index in [0.717, 1.165) is 6.54 Å². The summed E-state index contributed by atoms with van der Waals surface area (Å²) >= 11 is 0. The van der Waals surface area contributed by atoms with Crippen LogP contribution in [0.4, 0.5) is 0 Å². The Morgan fingerprint density at radius 1 is 1.31 bits per heavy atom. The van der Waals surface area contributed by atoms with Crippen molar-refractivity contribution in [2.75, 3.05) is 26.7 Å². The van der Waals surface area contributed by atoms with Crippen LogP contribution in [0, 0.1) is 5.92 Å². The Kier molecular flexibility index (Phi) is 5.46. The third kappa shape index (κ3) is 3.93. The average Bonchev–Trinajstić information content (AvgIpc) is 2.29. The van der Waals surface area contributed by atoms with Gasteiger partial charge in [-0.25, -0.2) is 0 Å². The smallest absolute Gasteiger partial charge is 0.0558 e. The molecule has 0 heterocycles. The molecule has 90 valence electrons. The second kappa shape index (κ2) is 6.63.